The van der Waals surface area contributed by atoms with E-state index in [0.717, 1.165) is 25.1 Å². The molecular weight excluding hydrogens is 357 g/mol. The molecule has 0 unspecified atom stereocenters. The van der Waals surface area contributed by atoms with Crippen LogP contribution < -0.4 is 15.4 Å². The van der Waals surface area contributed by atoms with E-state index >= 15 is 0 Å². The van der Waals surface area contributed by atoms with Crippen molar-refractivity contribution >= 4 is 21.6 Å². The number of hydrogen-bond acceptors (Lipinski definition) is 4. The fourth-order valence-electron chi connectivity index (χ4n) is 2.45. The lowest BCUT2D eigenvalue weighted by molar-refractivity contribution is 0.0954. The predicted octanol–water partition coefficient (Wildman–Crippen LogP) is 2.27. The lowest BCUT2D eigenvalue weighted by Gasteiger charge is -2.14. The predicted molar refractivity (Wildman–Crippen MR) is 99.3 cm³/mol. The summed E-state index contributed by atoms with van der Waals surface area (Å²) < 4.78 is 40.9. The Bertz CT molecular complexity index is 885. The summed E-state index contributed by atoms with van der Waals surface area (Å²) in [5.41, 5.74) is 0.675. The maximum atomic E-state index is 13.2. The molecule has 0 saturated carbocycles. The van der Waals surface area contributed by atoms with Gasteiger partial charge in [0.1, 0.15) is 5.82 Å². The van der Waals surface area contributed by atoms with Crippen LogP contribution in [-0.4, -0.2) is 34.5 Å². The number of carbonyl (C=O) groups excluding carboxylic acids is 1. The van der Waals surface area contributed by atoms with E-state index in [1.54, 1.807) is 18.2 Å². The van der Waals surface area contributed by atoms with E-state index in [1.165, 1.54) is 19.1 Å². The standard InChI is InChI=1S/C18H22FN3O3S/c1-13-12-14(19)8-9-17(13)26(24,25)22-16-7-4-3-6-15(16)18(23)21-11-5-10-20-2/h3-4,6-9,12,20,22H,5,10-11H2,1-2H3,(H,21,23). The number of nitrogens with one attached hydrogen (secondary N) is 3. The first kappa shape index (κ1) is 19.9. The second kappa shape index (κ2) is 8.77. The number of rotatable bonds is 8. The van der Waals surface area contributed by atoms with Crippen molar-refractivity contribution in [3.63, 3.8) is 0 Å². The Morgan fingerprint density at radius 2 is 1.85 bits per heavy atom. The minimum absolute atomic E-state index is 0.0388. The van der Waals surface area contributed by atoms with Gasteiger partial charge in [0.05, 0.1) is 16.1 Å². The number of hydrogen-bond donors (Lipinski definition) is 3. The molecule has 0 fully saturated rings. The third kappa shape index (κ3) is 5.03. The van der Waals surface area contributed by atoms with Crippen LogP contribution in [0.4, 0.5) is 10.1 Å². The molecule has 1 amide bonds. The quantitative estimate of drug-likeness (QED) is 0.614. The molecule has 0 atom stereocenters. The summed E-state index contributed by atoms with van der Waals surface area (Å²) in [6, 6.07) is 9.78. The number of carbonyl (C=O) groups is 1. The molecule has 0 radical (unpaired) electrons. The fourth-order valence-corrected chi connectivity index (χ4v) is 3.75. The van der Waals surface area contributed by atoms with E-state index in [1.807, 2.05) is 7.05 Å². The van der Waals surface area contributed by atoms with Crippen LogP contribution in [0.25, 0.3) is 0 Å². The van der Waals surface area contributed by atoms with Crippen LogP contribution in [0, 0.1) is 12.7 Å². The van der Waals surface area contributed by atoms with Crippen LogP contribution in [0.3, 0.4) is 0 Å². The smallest absolute Gasteiger partial charge is 0.262 e. The van der Waals surface area contributed by atoms with E-state index in [-0.39, 0.29) is 27.6 Å². The van der Waals surface area contributed by atoms with Gasteiger partial charge in [0.2, 0.25) is 0 Å². The van der Waals surface area contributed by atoms with E-state index in [4.69, 9.17) is 0 Å². The molecule has 26 heavy (non-hydrogen) atoms. The zero-order valence-electron chi connectivity index (χ0n) is 14.7. The Morgan fingerprint density at radius 3 is 2.54 bits per heavy atom. The Balaban J connectivity index is 2.22. The van der Waals surface area contributed by atoms with Crippen LogP contribution in [0.5, 0.6) is 0 Å². The third-order valence-electron chi connectivity index (χ3n) is 3.73. The van der Waals surface area contributed by atoms with Crippen molar-refractivity contribution in [1.82, 2.24) is 10.6 Å². The molecule has 0 aliphatic carbocycles. The van der Waals surface area contributed by atoms with Gasteiger partial charge < -0.3 is 10.6 Å². The summed E-state index contributed by atoms with van der Waals surface area (Å²) in [5.74, 6) is -0.877. The Morgan fingerprint density at radius 1 is 1.12 bits per heavy atom. The monoisotopic (exact) mass is 379 g/mol. The van der Waals surface area contributed by atoms with E-state index < -0.39 is 15.8 Å². The molecule has 0 saturated heterocycles. The molecule has 6 nitrogen and oxygen atoms in total. The summed E-state index contributed by atoms with van der Waals surface area (Å²) in [4.78, 5) is 12.3. The maximum Gasteiger partial charge on any atom is 0.262 e. The topological polar surface area (TPSA) is 87.3 Å². The van der Waals surface area contributed by atoms with Crippen LogP contribution in [0.15, 0.2) is 47.4 Å². The van der Waals surface area contributed by atoms with Crippen molar-refractivity contribution in [3.05, 3.63) is 59.4 Å². The molecule has 2 aromatic rings. The van der Waals surface area contributed by atoms with Crippen LogP contribution in [0.1, 0.15) is 22.3 Å². The van der Waals surface area contributed by atoms with Gasteiger partial charge in [-0.1, -0.05) is 12.1 Å². The van der Waals surface area contributed by atoms with Crippen LogP contribution >= 0.6 is 0 Å². The first-order valence-electron chi connectivity index (χ1n) is 8.16. The normalized spacial score (nSPS) is 11.2. The summed E-state index contributed by atoms with van der Waals surface area (Å²) in [6.07, 6.45) is 0.755. The second-order valence-corrected chi connectivity index (χ2v) is 7.42. The first-order chi connectivity index (χ1) is 12.3. The largest absolute Gasteiger partial charge is 0.352 e. The summed E-state index contributed by atoms with van der Waals surface area (Å²) in [7, 11) is -2.13. The Hall–Kier alpha value is -2.45. The molecule has 140 valence electrons. The Kier molecular flexibility index (Phi) is 6.70. The van der Waals surface area contributed by atoms with E-state index in [0.29, 0.717) is 6.54 Å². The zero-order chi connectivity index (χ0) is 19.2. The van der Waals surface area contributed by atoms with Crippen molar-refractivity contribution in [2.24, 2.45) is 0 Å². The molecule has 2 aromatic carbocycles. The van der Waals surface area contributed by atoms with Gasteiger partial charge in [-0.2, -0.15) is 0 Å². The average Bonchev–Trinajstić information content (AvgIpc) is 2.58. The van der Waals surface area contributed by atoms with Crippen molar-refractivity contribution in [1.29, 1.82) is 0 Å². The summed E-state index contributed by atoms with van der Waals surface area (Å²) >= 11 is 0. The lowest BCUT2D eigenvalue weighted by Crippen LogP contribution is -2.28. The fraction of sp³-hybridized carbons (Fsp3) is 0.278. The lowest BCUT2D eigenvalue weighted by atomic mass is 10.1. The highest BCUT2D eigenvalue weighted by molar-refractivity contribution is 7.92. The van der Waals surface area contributed by atoms with Crippen molar-refractivity contribution in [2.45, 2.75) is 18.2 Å². The second-order valence-electron chi connectivity index (χ2n) is 5.77. The van der Waals surface area contributed by atoms with E-state index in [9.17, 15) is 17.6 Å². The average molecular weight is 379 g/mol. The maximum absolute atomic E-state index is 13.2. The van der Waals surface area contributed by atoms with Gasteiger partial charge in [-0.25, -0.2) is 12.8 Å². The number of sulfonamides is 1. The van der Waals surface area contributed by atoms with Gasteiger partial charge in [0, 0.05) is 6.54 Å². The molecule has 0 heterocycles. The number of amides is 1. The van der Waals surface area contributed by atoms with Crippen LogP contribution in [0.2, 0.25) is 0 Å². The number of para-hydroxylation sites is 1. The molecule has 3 N–H and O–H groups in total. The molecule has 8 heteroatoms. The number of halogens is 1. The zero-order valence-corrected chi connectivity index (χ0v) is 15.5. The Labute approximate surface area is 152 Å². The highest BCUT2D eigenvalue weighted by Gasteiger charge is 2.20. The van der Waals surface area contributed by atoms with Gasteiger partial charge in [0.15, 0.2) is 0 Å². The van der Waals surface area contributed by atoms with Crippen molar-refractivity contribution < 1.29 is 17.6 Å². The highest BCUT2D eigenvalue weighted by atomic mass is 32.2. The molecule has 2 rings (SSSR count). The number of aryl methyl sites for hydroxylation is 1. The summed E-state index contributed by atoms with van der Waals surface area (Å²) in [5, 5.41) is 5.74. The molecule has 0 bridgehead atoms. The van der Waals surface area contributed by atoms with Crippen molar-refractivity contribution in [2.75, 3.05) is 24.9 Å². The third-order valence-corrected chi connectivity index (χ3v) is 5.26. The summed E-state index contributed by atoms with van der Waals surface area (Å²) in [6.45, 7) is 2.74. The number of benzene rings is 2. The van der Waals surface area contributed by atoms with Gasteiger partial charge in [-0.15, -0.1) is 0 Å². The van der Waals surface area contributed by atoms with Gasteiger partial charge in [-0.3, -0.25) is 9.52 Å². The molecule has 0 spiro atoms. The van der Waals surface area contributed by atoms with E-state index in [2.05, 4.69) is 15.4 Å². The van der Waals surface area contributed by atoms with Gasteiger partial charge in [-0.05, 0) is 62.8 Å². The number of anilines is 1. The molecule has 0 aliphatic heterocycles. The van der Waals surface area contributed by atoms with Crippen molar-refractivity contribution in [3.8, 4) is 0 Å². The van der Waals surface area contributed by atoms with Crippen LogP contribution in [-0.2, 0) is 10.0 Å². The van der Waals surface area contributed by atoms with Gasteiger partial charge >= 0.3 is 0 Å². The SMILES string of the molecule is CNCCCNC(=O)c1ccccc1NS(=O)(=O)c1ccc(F)cc1C. The minimum Gasteiger partial charge on any atom is -0.352 e. The highest BCUT2D eigenvalue weighted by Crippen LogP contribution is 2.22. The first-order valence-corrected chi connectivity index (χ1v) is 9.64. The molecule has 0 aromatic heterocycles. The molecular formula is C18H22FN3O3S. The molecule has 0 aliphatic rings. The van der Waals surface area contributed by atoms with Gasteiger partial charge in [0.25, 0.3) is 15.9 Å². The minimum atomic E-state index is -3.95.